The predicted molar refractivity (Wildman–Crippen MR) is 62.2 cm³/mol. The third-order valence-electron chi connectivity index (χ3n) is 2.82. The summed E-state index contributed by atoms with van der Waals surface area (Å²) >= 11 is 0. The van der Waals surface area contributed by atoms with E-state index in [1.165, 1.54) is 11.1 Å². The van der Waals surface area contributed by atoms with Crippen LogP contribution in [-0.4, -0.2) is 16.8 Å². The van der Waals surface area contributed by atoms with E-state index in [0.29, 0.717) is 0 Å². The molecule has 1 unspecified atom stereocenters. The summed E-state index contributed by atoms with van der Waals surface area (Å²) in [5.41, 5.74) is 2.44. The lowest BCUT2D eigenvalue weighted by Gasteiger charge is -2.14. The molecule has 0 aliphatic rings. The minimum Gasteiger partial charge on any atom is -0.469 e. The van der Waals surface area contributed by atoms with Crippen LogP contribution in [0.4, 0.5) is 0 Å². The van der Waals surface area contributed by atoms with Gasteiger partial charge in [-0.2, -0.15) is 5.10 Å². The van der Waals surface area contributed by atoms with Crippen molar-refractivity contribution in [1.29, 1.82) is 0 Å². The molecular formula is C12H17N3O. The van der Waals surface area contributed by atoms with Crippen molar-refractivity contribution in [3.63, 3.8) is 0 Å². The van der Waals surface area contributed by atoms with Crippen LogP contribution in [0.3, 0.4) is 0 Å². The lowest BCUT2D eigenvalue weighted by molar-refractivity contribution is 0.512. The molecule has 0 aliphatic carbocycles. The summed E-state index contributed by atoms with van der Waals surface area (Å²) in [7, 11) is 3.90. The molecular weight excluding hydrogens is 202 g/mol. The predicted octanol–water partition coefficient (Wildman–Crippen LogP) is 1.82. The largest absolute Gasteiger partial charge is 0.469 e. The molecule has 0 saturated heterocycles. The SMILES string of the molecule is CNC(Cc1cnn(C)c1)c1ccoc1C. The second-order valence-corrected chi connectivity index (χ2v) is 4.00. The highest BCUT2D eigenvalue weighted by Gasteiger charge is 2.15. The minimum absolute atomic E-state index is 0.281. The van der Waals surface area contributed by atoms with Crippen LogP contribution in [0.2, 0.25) is 0 Å². The normalized spacial score (nSPS) is 12.9. The smallest absolute Gasteiger partial charge is 0.105 e. The Morgan fingerprint density at radius 3 is 2.88 bits per heavy atom. The molecule has 0 aromatic carbocycles. The van der Waals surface area contributed by atoms with Gasteiger partial charge in [-0.05, 0) is 32.0 Å². The van der Waals surface area contributed by atoms with E-state index < -0.39 is 0 Å². The number of likely N-dealkylation sites (N-methyl/N-ethyl adjacent to an activating group) is 1. The van der Waals surface area contributed by atoms with Crippen LogP contribution >= 0.6 is 0 Å². The van der Waals surface area contributed by atoms with Crippen LogP contribution in [0.15, 0.2) is 29.1 Å². The van der Waals surface area contributed by atoms with Gasteiger partial charge in [0, 0.05) is 24.8 Å². The van der Waals surface area contributed by atoms with E-state index in [0.717, 1.165) is 12.2 Å². The van der Waals surface area contributed by atoms with Gasteiger partial charge in [0.05, 0.1) is 12.5 Å². The number of nitrogens with zero attached hydrogens (tertiary/aromatic N) is 2. The van der Waals surface area contributed by atoms with Crippen molar-refractivity contribution in [3.05, 3.63) is 41.6 Å². The van der Waals surface area contributed by atoms with Crippen molar-refractivity contribution in [2.24, 2.45) is 7.05 Å². The third kappa shape index (κ3) is 2.17. The molecule has 0 saturated carbocycles. The maximum Gasteiger partial charge on any atom is 0.105 e. The maximum atomic E-state index is 5.33. The molecule has 0 spiro atoms. The molecule has 86 valence electrons. The Morgan fingerprint density at radius 2 is 2.38 bits per heavy atom. The van der Waals surface area contributed by atoms with Gasteiger partial charge >= 0.3 is 0 Å². The number of hydrogen-bond donors (Lipinski definition) is 1. The topological polar surface area (TPSA) is 43.0 Å². The minimum atomic E-state index is 0.281. The van der Waals surface area contributed by atoms with Crippen molar-refractivity contribution in [1.82, 2.24) is 15.1 Å². The fraction of sp³-hybridized carbons (Fsp3) is 0.417. The van der Waals surface area contributed by atoms with Crippen molar-refractivity contribution in [3.8, 4) is 0 Å². The summed E-state index contributed by atoms with van der Waals surface area (Å²) in [4.78, 5) is 0. The molecule has 2 heterocycles. The molecule has 1 N–H and O–H groups in total. The van der Waals surface area contributed by atoms with E-state index in [1.807, 2.05) is 44.2 Å². The highest BCUT2D eigenvalue weighted by atomic mass is 16.3. The number of nitrogens with one attached hydrogen (secondary N) is 1. The zero-order valence-electron chi connectivity index (χ0n) is 9.90. The molecule has 1 atom stereocenters. The van der Waals surface area contributed by atoms with Gasteiger partial charge in [0.25, 0.3) is 0 Å². The van der Waals surface area contributed by atoms with Crippen LogP contribution in [0.1, 0.15) is 22.9 Å². The van der Waals surface area contributed by atoms with Crippen LogP contribution in [-0.2, 0) is 13.5 Å². The summed E-state index contributed by atoms with van der Waals surface area (Å²) in [6.07, 6.45) is 6.60. The fourth-order valence-electron chi connectivity index (χ4n) is 1.94. The average molecular weight is 219 g/mol. The van der Waals surface area contributed by atoms with Crippen molar-refractivity contribution in [2.75, 3.05) is 7.05 Å². The van der Waals surface area contributed by atoms with Gasteiger partial charge in [0.1, 0.15) is 5.76 Å². The number of furan rings is 1. The summed E-state index contributed by atoms with van der Waals surface area (Å²) in [5.74, 6) is 0.975. The van der Waals surface area contributed by atoms with Crippen LogP contribution in [0.25, 0.3) is 0 Å². The van der Waals surface area contributed by atoms with E-state index in [2.05, 4.69) is 10.4 Å². The second-order valence-electron chi connectivity index (χ2n) is 4.00. The first-order valence-corrected chi connectivity index (χ1v) is 5.39. The molecule has 4 heteroatoms. The molecule has 2 rings (SSSR count). The summed E-state index contributed by atoms with van der Waals surface area (Å²) in [6.45, 7) is 1.99. The van der Waals surface area contributed by atoms with Crippen LogP contribution in [0.5, 0.6) is 0 Å². The van der Waals surface area contributed by atoms with Crippen molar-refractivity contribution < 1.29 is 4.42 Å². The molecule has 0 bridgehead atoms. The van der Waals surface area contributed by atoms with E-state index in [4.69, 9.17) is 4.42 Å². The Bertz CT molecular complexity index is 458. The van der Waals surface area contributed by atoms with Gasteiger partial charge in [-0.15, -0.1) is 0 Å². The monoisotopic (exact) mass is 219 g/mol. The molecule has 16 heavy (non-hydrogen) atoms. The highest BCUT2D eigenvalue weighted by molar-refractivity contribution is 5.22. The van der Waals surface area contributed by atoms with Gasteiger partial charge in [-0.3, -0.25) is 4.68 Å². The second kappa shape index (κ2) is 4.53. The van der Waals surface area contributed by atoms with Gasteiger partial charge in [-0.1, -0.05) is 0 Å². The van der Waals surface area contributed by atoms with Crippen molar-refractivity contribution >= 4 is 0 Å². The average Bonchev–Trinajstić information content (AvgIpc) is 2.84. The number of aryl methyl sites for hydroxylation is 2. The fourth-order valence-corrected chi connectivity index (χ4v) is 1.94. The molecule has 0 fully saturated rings. The standard InChI is InChI=1S/C12H17N3O/c1-9-11(4-5-16-9)12(13-2)6-10-7-14-15(3)8-10/h4-5,7-8,12-13H,6H2,1-3H3. The molecule has 2 aromatic rings. The van der Waals surface area contributed by atoms with Gasteiger partial charge < -0.3 is 9.73 Å². The van der Waals surface area contributed by atoms with E-state index in [-0.39, 0.29) is 6.04 Å². The molecule has 4 nitrogen and oxygen atoms in total. The van der Waals surface area contributed by atoms with E-state index in [9.17, 15) is 0 Å². The Morgan fingerprint density at radius 1 is 1.56 bits per heavy atom. The number of rotatable bonds is 4. The Labute approximate surface area is 95.3 Å². The maximum absolute atomic E-state index is 5.33. The number of aromatic nitrogens is 2. The zero-order valence-corrected chi connectivity index (χ0v) is 9.90. The van der Waals surface area contributed by atoms with Crippen LogP contribution < -0.4 is 5.32 Å². The van der Waals surface area contributed by atoms with Gasteiger partial charge in [0.15, 0.2) is 0 Å². The molecule has 0 aliphatic heterocycles. The Hall–Kier alpha value is -1.55. The Balaban J connectivity index is 2.15. The summed E-state index contributed by atoms with van der Waals surface area (Å²) in [5, 5.41) is 7.48. The first kappa shape index (κ1) is 11.0. The first-order chi connectivity index (χ1) is 7.70. The summed E-state index contributed by atoms with van der Waals surface area (Å²) in [6, 6.07) is 2.30. The molecule has 0 amide bonds. The number of hydrogen-bond acceptors (Lipinski definition) is 3. The van der Waals surface area contributed by atoms with Crippen LogP contribution in [0, 0.1) is 6.92 Å². The lowest BCUT2D eigenvalue weighted by Crippen LogP contribution is -2.18. The molecule has 0 radical (unpaired) electrons. The Kier molecular flexibility index (Phi) is 3.10. The quantitative estimate of drug-likeness (QED) is 0.853. The van der Waals surface area contributed by atoms with Crippen molar-refractivity contribution in [2.45, 2.75) is 19.4 Å². The summed E-state index contributed by atoms with van der Waals surface area (Å²) < 4.78 is 7.15. The van der Waals surface area contributed by atoms with E-state index in [1.54, 1.807) is 6.26 Å². The molecule has 2 aromatic heterocycles. The third-order valence-corrected chi connectivity index (χ3v) is 2.82. The highest BCUT2D eigenvalue weighted by Crippen LogP contribution is 2.21. The van der Waals surface area contributed by atoms with E-state index >= 15 is 0 Å². The van der Waals surface area contributed by atoms with Gasteiger partial charge in [0.2, 0.25) is 0 Å². The first-order valence-electron chi connectivity index (χ1n) is 5.39. The zero-order chi connectivity index (χ0) is 11.5. The lowest BCUT2D eigenvalue weighted by atomic mass is 10.0. The van der Waals surface area contributed by atoms with Gasteiger partial charge in [-0.25, -0.2) is 0 Å².